The summed E-state index contributed by atoms with van der Waals surface area (Å²) in [5.74, 6) is 0.146. The van der Waals surface area contributed by atoms with Crippen LogP contribution in [0.15, 0.2) is 24.3 Å². The molecule has 1 aromatic carbocycles. The number of anilines is 1. The van der Waals surface area contributed by atoms with E-state index in [1.807, 2.05) is 6.07 Å². The van der Waals surface area contributed by atoms with Gasteiger partial charge in [-0.05, 0) is 70.1 Å². The minimum atomic E-state index is 0.0136. The molecule has 0 bridgehead atoms. The first-order chi connectivity index (χ1) is 11.2. The molecule has 2 aliphatic rings. The smallest absolute Gasteiger partial charge is 0.241 e. The topological polar surface area (TPSA) is 35.6 Å². The number of benzene rings is 1. The highest BCUT2D eigenvalue weighted by Gasteiger charge is 2.24. The van der Waals surface area contributed by atoms with Crippen molar-refractivity contribution in [2.75, 3.05) is 32.0 Å². The van der Waals surface area contributed by atoms with Gasteiger partial charge in [0.15, 0.2) is 0 Å². The van der Waals surface area contributed by atoms with Gasteiger partial charge in [-0.1, -0.05) is 25.0 Å². The fraction of sp³-hybridized carbons (Fsp3) is 0.632. The summed E-state index contributed by atoms with van der Waals surface area (Å²) in [6.07, 6.45) is 7.17. The maximum Gasteiger partial charge on any atom is 0.241 e. The van der Waals surface area contributed by atoms with Crippen molar-refractivity contribution in [3.8, 4) is 0 Å². The van der Waals surface area contributed by atoms with Crippen LogP contribution < -0.4 is 5.32 Å². The van der Waals surface area contributed by atoms with E-state index < -0.39 is 0 Å². The normalized spacial score (nSPS) is 23.6. The van der Waals surface area contributed by atoms with Gasteiger partial charge in [-0.15, -0.1) is 0 Å². The Balaban J connectivity index is 1.61. The first-order valence-electron chi connectivity index (χ1n) is 9.05. The summed E-state index contributed by atoms with van der Waals surface area (Å²) in [6.45, 7) is 4.41. The number of amides is 1. The van der Waals surface area contributed by atoms with Crippen molar-refractivity contribution in [2.24, 2.45) is 0 Å². The molecular weight excluding hydrogens is 286 g/mol. The number of nitrogens with zero attached hydrogens (tertiary/aromatic N) is 2. The predicted octanol–water partition coefficient (Wildman–Crippen LogP) is 3.10. The molecule has 2 fully saturated rings. The standard InChI is InChI=1S/C19H29N3O/c1-21-11-4-2-3-10-18(21)19(23)20-17-9-7-8-16(14-17)15-22-12-5-6-13-22/h7-9,14,18H,2-6,10-13,15H2,1H3,(H,20,23). The number of rotatable bonds is 4. The second kappa shape index (κ2) is 7.93. The lowest BCUT2D eigenvalue weighted by molar-refractivity contribution is -0.120. The van der Waals surface area contributed by atoms with E-state index >= 15 is 0 Å². The molecule has 0 aliphatic carbocycles. The Morgan fingerprint density at radius 1 is 1.13 bits per heavy atom. The summed E-state index contributed by atoms with van der Waals surface area (Å²) in [7, 11) is 2.07. The van der Waals surface area contributed by atoms with E-state index in [2.05, 4.69) is 40.4 Å². The van der Waals surface area contributed by atoms with Crippen LogP contribution in [-0.4, -0.2) is 48.4 Å². The first-order valence-corrected chi connectivity index (χ1v) is 9.05. The van der Waals surface area contributed by atoms with Crippen molar-refractivity contribution in [3.63, 3.8) is 0 Å². The van der Waals surface area contributed by atoms with E-state index in [9.17, 15) is 4.79 Å². The molecule has 4 nitrogen and oxygen atoms in total. The Bertz CT molecular complexity index is 525. The van der Waals surface area contributed by atoms with Crippen LogP contribution >= 0.6 is 0 Å². The summed E-state index contributed by atoms with van der Waals surface area (Å²) < 4.78 is 0. The number of hydrogen-bond donors (Lipinski definition) is 1. The van der Waals surface area contributed by atoms with Crippen molar-refractivity contribution >= 4 is 11.6 Å². The second-order valence-corrected chi connectivity index (χ2v) is 7.02. The van der Waals surface area contributed by atoms with Gasteiger partial charge in [0.2, 0.25) is 5.91 Å². The van der Waals surface area contributed by atoms with Crippen LogP contribution in [0.25, 0.3) is 0 Å². The molecule has 2 aliphatic heterocycles. The third kappa shape index (κ3) is 4.55. The van der Waals surface area contributed by atoms with Gasteiger partial charge in [0, 0.05) is 12.2 Å². The van der Waals surface area contributed by atoms with Crippen LogP contribution in [0.1, 0.15) is 44.1 Å². The molecule has 0 saturated carbocycles. The number of likely N-dealkylation sites (N-methyl/N-ethyl adjacent to an activating group) is 1. The molecule has 0 radical (unpaired) electrons. The number of carbonyl (C=O) groups is 1. The van der Waals surface area contributed by atoms with Gasteiger partial charge in [-0.25, -0.2) is 0 Å². The van der Waals surface area contributed by atoms with Gasteiger partial charge in [0.25, 0.3) is 0 Å². The Morgan fingerprint density at radius 3 is 2.74 bits per heavy atom. The van der Waals surface area contributed by atoms with Crippen molar-refractivity contribution in [1.29, 1.82) is 0 Å². The summed E-state index contributed by atoms with van der Waals surface area (Å²) in [5.41, 5.74) is 2.23. The molecular formula is C19H29N3O. The summed E-state index contributed by atoms with van der Waals surface area (Å²) >= 11 is 0. The monoisotopic (exact) mass is 315 g/mol. The average molecular weight is 315 g/mol. The summed E-state index contributed by atoms with van der Waals surface area (Å²) in [4.78, 5) is 17.3. The minimum absolute atomic E-state index is 0.0136. The molecule has 0 spiro atoms. The Kier molecular flexibility index (Phi) is 5.68. The molecule has 1 amide bonds. The molecule has 23 heavy (non-hydrogen) atoms. The maximum atomic E-state index is 12.6. The van der Waals surface area contributed by atoms with Crippen molar-refractivity contribution < 1.29 is 4.79 Å². The zero-order valence-electron chi connectivity index (χ0n) is 14.3. The Hall–Kier alpha value is -1.39. The van der Waals surface area contributed by atoms with Gasteiger partial charge in [0.05, 0.1) is 6.04 Å². The molecule has 3 rings (SSSR count). The van der Waals surface area contributed by atoms with Gasteiger partial charge >= 0.3 is 0 Å². The van der Waals surface area contributed by atoms with Crippen LogP contribution in [0.2, 0.25) is 0 Å². The molecule has 2 saturated heterocycles. The zero-order chi connectivity index (χ0) is 16.1. The first kappa shape index (κ1) is 16.5. The van der Waals surface area contributed by atoms with Gasteiger partial charge in [0.1, 0.15) is 0 Å². The lowest BCUT2D eigenvalue weighted by atomic mass is 10.1. The lowest BCUT2D eigenvalue weighted by Crippen LogP contribution is -2.41. The largest absolute Gasteiger partial charge is 0.325 e. The van der Waals surface area contributed by atoms with Crippen LogP contribution in [0, 0.1) is 0 Å². The van der Waals surface area contributed by atoms with E-state index in [0.717, 1.165) is 31.6 Å². The quantitative estimate of drug-likeness (QED) is 0.927. The van der Waals surface area contributed by atoms with Gasteiger partial charge in [-0.2, -0.15) is 0 Å². The van der Waals surface area contributed by atoms with E-state index in [4.69, 9.17) is 0 Å². The highest BCUT2D eigenvalue weighted by atomic mass is 16.2. The van der Waals surface area contributed by atoms with E-state index in [0.29, 0.717) is 0 Å². The predicted molar refractivity (Wildman–Crippen MR) is 94.5 cm³/mol. The molecule has 1 aromatic rings. The average Bonchev–Trinajstić information content (AvgIpc) is 2.94. The van der Waals surface area contributed by atoms with Crippen molar-refractivity contribution in [2.45, 2.75) is 51.1 Å². The van der Waals surface area contributed by atoms with Crippen LogP contribution in [0.5, 0.6) is 0 Å². The molecule has 126 valence electrons. The maximum absolute atomic E-state index is 12.6. The molecule has 0 aromatic heterocycles. The van der Waals surface area contributed by atoms with Gasteiger partial charge in [-0.3, -0.25) is 14.6 Å². The van der Waals surface area contributed by atoms with Crippen molar-refractivity contribution in [3.05, 3.63) is 29.8 Å². The number of likely N-dealkylation sites (tertiary alicyclic amines) is 2. The van der Waals surface area contributed by atoms with Crippen LogP contribution in [0.4, 0.5) is 5.69 Å². The number of carbonyl (C=O) groups excluding carboxylic acids is 1. The Morgan fingerprint density at radius 2 is 1.91 bits per heavy atom. The zero-order valence-corrected chi connectivity index (χ0v) is 14.3. The van der Waals surface area contributed by atoms with Gasteiger partial charge < -0.3 is 5.32 Å². The molecule has 1 unspecified atom stereocenters. The Labute approximate surface area is 139 Å². The number of hydrogen-bond acceptors (Lipinski definition) is 3. The highest BCUT2D eigenvalue weighted by molar-refractivity contribution is 5.94. The van der Waals surface area contributed by atoms with Crippen LogP contribution in [0.3, 0.4) is 0 Å². The molecule has 1 N–H and O–H groups in total. The summed E-state index contributed by atoms with van der Waals surface area (Å²) in [5, 5.41) is 3.14. The lowest BCUT2D eigenvalue weighted by Gasteiger charge is -2.24. The van der Waals surface area contributed by atoms with Crippen molar-refractivity contribution in [1.82, 2.24) is 9.80 Å². The third-order valence-electron chi connectivity index (χ3n) is 5.12. The van der Waals surface area contributed by atoms with Crippen LogP contribution in [-0.2, 0) is 11.3 Å². The second-order valence-electron chi connectivity index (χ2n) is 7.02. The minimum Gasteiger partial charge on any atom is -0.325 e. The van der Waals surface area contributed by atoms with E-state index in [1.165, 1.54) is 44.3 Å². The molecule has 2 heterocycles. The SMILES string of the molecule is CN1CCCCCC1C(=O)Nc1cccc(CN2CCCC2)c1. The fourth-order valence-electron chi connectivity index (χ4n) is 3.76. The fourth-order valence-corrected chi connectivity index (χ4v) is 3.76. The number of nitrogens with one attached hydrogen (secondary N) is 1. The third-order valence-corrected chi connectivity index (χ3v) is 5.12. The molecule has 1 atom stereocenters. The van der Waals surface area contributed by atoms with E-state index in [-0.39, 0.29) is 11.9 Å². The highest BCUT2D eigenvalue weighted by Crippen LogP contribution is 2.19. The summed E-state index contributed by atoms with van der Waals surface area (Å²) in [6, 6.07) is 8.36. The van der Waals surface area contributed by atoms with E-state index in [1.54, 1.807) is 0 Å². The molecule has 4 heteroatoms.